The zero-order valence-corrected chi connectivity index (χ0v) is 44.2. The molecule has 0 N–H and O–H groups in total. The third-order valence-electron chi connectivity index (χ3n) is 12.2. The van der Waals surface area contributed by atoms with Gasteiger partial charge in [-0.2, -0.15) is 0 Å². The summed E-state index contributed by atoms with van der Waals surface area (Å²) in [7, 11) is 0. The van der Waals surface area contributed by atoms with Gasteiger partial charge in [0.2, 0.25) is 0 Å². The second-order valence-electron chi connectivity index (χ2n) is 18.8. The van der Waals surface area contributed by atoms with Crippen molar-refractivity contribution in [3.8, 4) is 0 Å². The second kappa shape index (κ2) is 55.4. The molecule has 0 amide bonds. The fourth-order valence-corrected chi connectivity index (χ4v) is 7.87. The van der Waals surface area contributed by atoms with Gasteiger partial charge < -0.3 is 14.2 Å². The van der Waals surface area contributed by atoms with Gasteiger partial charge in [-0.3, -0.25) is 14.4 Å². The minimum Gasteiger partial charge on any atom is -0.462 e. The molecule has 6 heteroatoms. The minimum absolute atomic E-state index is 0.0899. The number of ether oxygens (including phenoxy) is 3. The fraction of sp³-hybridized carbons (Fsp3) is 0.754. The Bertz CT molecular complexity index is 1260. The molecule has 0 aliphatic rings. The summed E-state index contributed by atoms with van der Waals surface area (Å²) in [6.07, 6.45) is 70.2. The van der Waals surface area contributed by atoms with Crippen LogP contribution in [0.2, 0.25) is 0 Å². The largest absolute Gasteiger partial charge is 0.462 e. The zero-order chi connectivity index (χ0) is 48.6. The van der Waals surface area contributed by atoms with Gasteiger partial charge in [-0.25, -0.2) is 0 Å². The lowest BCUT2D eigenvalue weighted by Crippen LogP contribution is -2.30. The highest BCUT2D eigenvalue weighted by molar-refractivity contribution is 5.71. The Morgan fingerprint density at radius 2 is 0.537 bits per heavy atom. The van der Waals surface area contributed by atoms with Crippen molar-refractivity contribution in [3.63, 3.8) is 0 Å². The summed E-state index contributed by atoms with van der Waals surface area (Å²) < 4.78 is 16.8. The quantitative estimate of drug-likeness (QED) is 0.0262. The average molecular weight is 936 g/mol. The molecule has 0 aliphatic carbocycles. The van der Waals surface area contributed by atoms with E-state index in [1.165, 1.54) is 128 Å². The summed E-state index contributed by atoms with van der Waals surface area (Å²) in [6, 6.07) is 0. The molecule has 1 atom stereocenters. The third-order valence-corrected chi connectivity index (χ3v) is 12.2. The van der Waals surface area contributed by atoms with E-state index in [9.17, 15) is 14.4 Å². The Morgan fingerprint density at radius 3 is 0.866 bits per heavy atom. The topological polar surface area (TPSA) is 78.9 Å². The maximum absolute atomic E-state index is 12.8. The summed E-state index contributed by atoms with van der Waals surface area (Å²) >= 11 is 0. The van der Waals surface area contributed by atoms with Crippen molar-refractivity contribution in [1.29, 1.82) is 0 Å². The van der Waals surface area contributed by atoms with E-state index in [-0.39, 0.29) is 31.1 Å². The monoisotopic (exact) mass is 935 g/mol. The van der Waals surface area contributed by atoms with E-state index < -0.39 is 6.10 Å². The highest BCUT2D eigenvalue weighted by atomic mass is 16.6. The fourth-order valence-electron chi connectivity index (χ4n) is 7.87. The van der Waals surface area contributed by atoms with Gasteiger partial charge in [-0.15, -0.1) is 0 Å². The van der Waals surface area contributed by atoms with Crippen molar-refractivity contribution in [3.05, 3.63) is 72.9 Å². The summed E-state index contributed by atoms with van der Waals surface area (Å²) in [5.74, 6) is -0.926. The van der Waals surface area contributed by atoms with Gasteiger partial charge in [0.1, 0.15) is 13.2 Å². The summed E-state index contributed by atoms with van der Waals surface area (Å²) in [5.41, 5.74) is 0. The van der Waals surface area contributed by atoms with Crippen LogP contribution in [0.1, 0.15) is 278 Å². The van der Waals surface area contributed by atoms with Crippen LogP contribution in [-0.2, 0) is 28.6 Å². The van der Waals surface area contributed by atoms with Crippen LogP contribution in [0.5, 0.6) is 0 Å². The predicted octanol–water partition coefficient (Wildman–Crippen LogP) is 19.0. The molecule has 0 saturated heterocycles. The number of hydrogen-bond acceptors (Lipinski definition) is 6. The maximum atomic E-state index is 12.8. The van der Waals surface area contributed by atoms with Crippen molar-refractivity contribution >= 4 is 17.9 Å². The lowest BCUT2D eigenvalue weighted by atomic mass is 10.0. The lowest BCUT2D eigenvalue weighted by Gasteiger charge is -2.18. The summed E-state index contributed by atoms with van der Waals surface area (Å²) in [6.45, 7) is 6.57. The Kier molecular flexibility index (Phi) is 52.8. The van der Waals surface area contributed by atoms with Crippen LogP contribution in [0.15, 0.2) is 72.9 Å². The zero-order valence-electron chi connectivity index (χ0n) is 44.2. The minimum atomic E-state index is -0.795. The Balaban J connectivity index is 4.46. The first kappa shape index (κ1) is 63.8. The molecule has 0 spiro atoms. The second-order valence-corrected chi connectivity index (χ2v) is 18.8. The van der Waals surface area contributed by atoms with Crippen LogP contribution in [0, 0.1) is 0 Å². The molecule has 0 bridgehead atoms. The number of rotatable bonds is 51. The first-order valence-corrected chi connectivity index (χ1v) is 28.4. The standard InChI is InChI=1S/C61H106O6/c1-4-7-10-13-16-19-22-25-28-30-33-36-39-42-45-48-51-54-60(63)66-57-58(56-65-59(62)53-50-47-44-41-38-35-32-27-24-21-18-15-12-9-6-3)67-61(64)55-52-49-46-43-40-37-34-31-29-26-23-20-17-14-11-8-5-2/h16-17,19-20,25-26,28-29,33-34,36-37,58H,4-15,18,21-24,27,30-32,35,38-57H2,1-3H3/b19-16-,20-17-,28-25-,29-26-,36-33-,37-34-/t58-/m1/s1. The summed E-state index contributed by atoms with van der Waals surface area (Å²) in [5, 5.41) is 0. The van der Waals surface area contributed by atoms with Crippen molar-refractivity contribution in [2.75, 3.05) is 13.2 Å². The molecule has 0 unspecified atom stereocenters. The van der Waals surface area contributed by atoms with E-state index in [0.717, 1.165) is 109 Å². The molecule has 0 aromatic heterocycles. The molecule has 0 heterocycles. The van der Waals surface area contributed by atoms with Crippen molar-refractivity contribution in [1.82, 2.24) is 0 Å². The lowest BCUT2D eigenvalue weighted by molar-refractivity contribution is -0.167. The normalized spacial score (nSPS) is 12.6. The smallest absolute Gasteiger partial charge is 0.306 e. The highest BCUT2D eigenvalue weighted by Crippen LogP contribution is 2.15. The molecule has 0 aromatic carbocycles. The molecule has 0 radical (unpaired) electrons. The number of carbonyl (C=O) groups is 3. The molecule has 0 aromatic rings. The average Bonchev–Trinajstić information content (AvgIpc) is 3.33. The Hall–Kier alpha value is -3.15. The first-order valence-electron chi connectivity index (χ1n) is 28.4. The van der Waals surface area contributed by atoms with E-state index in [1.54, 1.807) is 0 Å². The molecule has 0 rings (SSSR count). The van der Waals surface area contributed by atoms with Crippen molar-refractivity contribution < 1.29 is 28.6 Å². The van der Waals surface area contributed by atoms with E-state index >= 15 is 0 Å². The molecule has 67 heavy (non-hydrogen) atoms. The molecule has 0 fully saturated rings. The van der Waals surface area contributed by atoms with Gasteiger partial charge in [0, 0.05) is 19.3 Å². The van der Waals surface area contributed by atoms with Crippen LogP contribution >= 0.6 is 0 Å². The molecular weight excluding hydrogens is 829 g/mol. The number of hydrogen-bond donors (Lipinski definition) is 0. The summed E-state index contributed by atoms with van der Waals surface area (Å²) in [4.78, 5) is 38.1. The van der Waals surface area contributed by atoms with Crippen LogP contribution < -0.4 is 0 Å². The molecule has 386 valence electrons. The molecular formula is C61H106O6. The SMILES string of the molecule is CCCCC/C=C\C/C=C\C/C=C\CCCCCCC(=O)OC[C@@H](COC(=O)CCCCCCCCCCCCCCCCC)OC(=O)CCCCCC/C=C\C/C=C\C/C=C\CCCCC. The Morgan fingerprint density at radius 1 is 0.299 bits per heavy atom. The third kappa shape index (κ3) is 53.7. The molecule has 0 saturated carbocycles. The van der Waals surface area contributed by atoms with Crippen LogP contribution in [0.4, 0.5) is 0 Å². The van der Waals surface area contributed by atoms with E-state index in [1.807, 2.05) is 0 Å². The van der Waals surface area contributed by atoms with Crippen LogP contribution in [0.3, 0.4) is 0 Å². The van der Waals surface area contributed by atoms with Crippen molar-refractivity contribution in [2.24, 2.45) is 0 Å². The number of carbonyl (C=O) groups excluding carboxylic acids is 3. The van der Waals surface area contributed by atoms with Gasteiger partial charge in [0.15, 0.2) is 6.10 Å². The molecule has 0 aliphatic heterocycles. The van der Waals surface area contributed by atoms with E-state index in [2.05, 4.69) is 93.7 Å². The van der Waals surface area contributed by atoms with Gasteiger partial charge in [-0.1, -0.05) is 235 Å². The van der Waals surface area contributed by atoms with Crippen LogP contribution in [0.25, 0.3) is 0 Å². The predicted molar refractivity (Wildman–Crippen MR) is 288 cm³/mol. The Labute approximate surface area is 414 Å². The van der Waals surface area contributed by atoms with Gasteiger partial charge >= 0.3 is 17.9 Å². The molecule has 6 nitrogen and oxygen atoms in total. The number of esters is 3. The van der Waals surface area contributed by atoms with Gasteiger partial charge in [0.05, 0.1) is 0 Å². The van der Waals surface area contributed by atoms with Gasteiger partial charge in [-0.05, 0) is 96.3 Å². The van der Waals surface area contributed by atoms with E-state index in [4.69, 9.17) is 14.2 Å². The van der Waals surface area contributed by atoms with Crippen molar-refractivity contribution in [2.45, 2.75) is 284 Å². The van der Waals surface area contributed by atoms with Crippen LogP contribution in [-0.4, -0.2) is 37.2 Å². The van der Waals surface area contributed by atoms with Gasteiger partial charge in [0.25, 0.3) is 0 Å². The number of unbranched alkanes of at least 4 members (excludes halogenated alkanes) is 28. The van der Waals surface area contributed by atoms with E-state index in [0.29, 0.717) is 19.3 Å². The first-order chi connectivity index (χ1) is 33.0. The maximum Gasteiger partial charge on any atom is 0.306 e. The number of allylic oxidation sites excluding steroid dienone is 12. The highest BCUT2D eigenvalue weighted by Gasteiger charge is 2.19.